The molecule has 5 heteroatoms. The van der Waals surface area contributed by atoms with Gasteiger partial charge in [0.2, 0.25) is 5.91 Å². The summed E-state index contributed by atoms with van der Waals surface area (Å²) in [5.41, 5.74) is 4.86. The lowest BCUT2D eigenvalue weighted by Gasteiger charge is -2.13. The first-order valence-corrected chi connectivity index (χ1v) is 5.29. The number of amides is 2. The molecule has 0 heterocycles. The van der Waals surface area contributed by atoms with Crippen molar-refractivity contribution < 1.29 is 9.59 Å². The number of carbonyl (C=O) groups excluding carboxylic acids is 2. The zero-order valence-corrected chi connectivity index (χ0v) is 9.25. The minimum atomic E-state index is -0.823. The van der Waals surface area contributed by atoms with E-state index in [9.17, 15) is 9.59 Å². The highest BCUT2D eigenvalue weighted by molar-refractivity contribution is 6.30. The predicted octanol–water partition coefficient (Wildman–Crippen LogP) is 1.09. The van der Waals surface area contributed by atoms with E-state index < -0.39 is 11.4 Å². The highest BCUT2D eigenvalue weighted by atomic mass is 35.5. The van der Waals surface area contributed by atoms with Crippen LogP contribution in [0.25, 0.3) is 0 Å². The SMILES string of the molecule is NC(=O)C1(NC(=O)c2ccc(Cl)cc2)CC1. The van der Waals surface area contributed by atoms with Gasteiger partial charge in [0.15, 0.2) is 0 Å². The highest BCUT2D eigenvalue weighted by Crippen LogP contribution is 2.35. The van der Waals surface area contributed by atoms with E-state index in [0.29, 0.717) is 23.4 Å². The van der Waals surface area contributed by atoms with Crippen molar-refractivity contribution in [1.82, 2.24) is 5.32 Å². The third-order valence-electron chi connectivity index (χ3n) is 2.68. The van der Waals surface area contributed by atoms with Crippen molar-refractivity contribution in [3.8, 4) is 0 Å². The van der Waals surface area contributed by atoms with Gasteiger partial charge < -0.3 is 11.1 Å². The molecule has 2 rings (SSSR count). The van der Waals surface area contributed by atoms with E-state index in [-0.39, 0.29) is 5.91 Å². The molecule has 1 saturated carbocycles. The first-order chi connectivity index (χ1) is 7.53. The van der Waals surface area contributed by atoms with Gasteiger partial charge in [-0.25, -0.2) is 0 Å². The standard InChI is InChI=1S/C11H11ClN2O2/c12-8-3-1-7(2-4-8)9(15)14-11(5-6-11)10(13)16/h1-4H,5-6H2,(H2,13,16)(H,14,15). The van der Waals surface area contributed by atoms with Gasteiger partial charge in [0.1, 0.15) is 5.54 Å². The van der Waals surface area contributed by atoms with E-state index >= 15 is 0 Å². The zero-order chi connectivity index (χ0) is 11.8. The number of halogens is 1. The number of hydrogen-bond acceptors (Lipinski definition) is 2. The Labute approximate surface area is 97.8 Å². The van der Waals surface area contributed by atoms with Crippen molar-refractivity contribution in [3.05, 3.63) is 34.9 Å². The topological polar surface area (TPSA) is 72.2 Å². The molecule has 0 saturated heterocycles. The molecule has 2 amide bonds. The molecule has 0 spiro atoms. The van der Waals surface area contributed by atoms with Crippen LogP contribution >= 0.6 is 11.6 Å². The summed E-state index contributed by atoms with van der Waals surface area (Å²) in [4.78, 5) is 22.8. The fourth-order valence-corrected chi connectivity index (χ4v) is 1.57. The molecule has 0 atom stereocenters. The molecule has 3 N–H and O–H groups in total. The third kappa shape index (κ3) is 2.02. The van der Waals surface area contributed by atoms with Crippen LogP contribution in [0.4, 0.5) is 0 Å². The van der Waals surface area contributed by atoms with Crippen LogP contribution < -0.4 is 11.1 Å². The summed E-state index contributed by atoms with van der Waals surface area (Å²) in [6, 6.07) is 6.46. The molecule has 16 heavy (non-hydrogen) atoms. The van der Waals surface area contributed by atoms with E-state index in [1.165, 1.54) is 0 Å². The van der Waals surface area contributed by atoms with Gasteiger partial charge in [-0.1, -0.05) is 11.6 Å². The molecule has 84 valence electrons. The lowest BCUT2D eigenvalue weighted by atomic mass is 10.2. The van der Waals surface area contributed by atoms with Gasteiger partial charge in [-0.05, 0) is 37.1 Å². The van der Waals surface area contributed by atoms with Crippen LogP contribution in [-0.4, -0.2) is 17.4 Å². The van der Waals surface area contributed by atoms with Crippen LogP contribution in [-0.2, 0) is 4.79 Å². The second kappa shape index (κ2) is 3.79. The number of nitrogens with two attached hydrogens (primary N) is 1. The summed E-state index contributed by atoms with van der Waals surface area (Å²) >= 11 is 5.71. The summed E-state index contributed by atoms with van der Waals surface area (Å²) < 4.78 is 0. The Morgan fingerprint density at radius 1 is 1.25 bits per heavy atom. The zero-order valence-electron chi connectivity index (χ0n) is 8.50. The summed E-state index contributed by atoms with van der Waals surface area (Å²) in [7, 11) is 0. The van der Waals surface area contributed by atoms with Crippen molar-refractivity contribution in [1.29, 1.82) is 0 Å². The Morgan fingerprint density at radius 3 is 2.25 bits per heavy atom. The van der Waals surface area contributed by atoms with Gasteiger partial charge in [0.05, 0.1) is 0 Å². The molecular weight excluding hydrogens is 228 g/mol. The lowest BCUT2D eigenvalue weighted by Crippen LogP contribution is -2.46. The monoisotopic (exact) mass is 238 g/mol. The molecule has 0 aromatic heterocycles. The molecule has 1 aromatic rings. The molecular formula is C11H11ClN2O2. The molecule has 1 aromatic carbocycles. The first-order valence-electron chi connectivity index (χ1n) is 4.91. The average molecular weight is 239 g/mol. The van der Waals surface area contributed by atoms with Gasteiger partial charge in [0, 0.05) is 10.6 Å². The van der Waals surface area contributed by atoms with E-state index in [1.807, 2.05) is 0 Å². The van der Waals surface area contributed by atoms with Crippen LogP contribution in [0.1, 0.15) is 23.2 Å². The molecule has 0 radical (unpaired) electrons. The number of nitrogens with one attached hydrogen (secondary N) is 1. The van der Waals surface area contributed by atoms with E-state index in [4.69, 9.17) is 17.3 Å². The van der Waals surface area contributed by atoms with Gasteiger partial charge in [-0.2, -0.15) is 0 Å². The maximum Gasteiger partial charge on any atom is 0.252 e. The molecule has 1 aliphatic rings. The first kappa shape index (κ1) is 11.0. The fourth-order valence-electron chi connectivity index (χ4n) is 1.45. The van der Waals surface area contributed by atoms with Crippen molar-refractivity contribution in [2.45, 2.75) is 18.4 Å². The Bertz CT molecular complexity index is 438. The number of carbonyl (C=O) groups is 2. The molecule has 0 unspecified atom stereocenters. The maximum absolute atomic E-state index is 11.8. The molecule has 0 aliphatic heterocycles. The van der Waals surface area contributed by atoms with E-state index in [2.05, 4.69) is 5.32 Å². The Morgan fingerprint density at radius 2 is 1.81 bits per heavy atom. The van der Waals surface area contributed by atoms with Crippen LogP contribution in [0.3, 0.4) is 0 Å². The van der Waals surface area contributed by atoms with Gasteiger partial charge >= 0.3 is 0 Å². The minimum Gasteiger partial charge on any atom is -0.368 e. The predicted molar refractivity (Wildman–Crippen MR) is 60.1 cm³/mol. The van der Waals surface area contributed by atoms with E-state index in [0.717, 1.165) is 0 Å². The molecule has 4 nitrogen and oxygen atoms in total. The van der Waals surface area contributed by atoms with Gasteiger partial charge in [0.25, 0.3) is 5.91 Å². The van der Waals surface area contributed by atoms with Crippen LogP contribution in [0.2, 0.25) is 5.02 Å². The Hall–Kier alpha value is -1.55. The van der Waals surface area contributed by atoms with Crippen molar-refractivity contribution in [2.75, 3.05) is 0 Å². The van der Waals surface area contributed by atoms with Crippen molar-refractivity contribution in [2.24, 2.45) is 5.73 Å². The summed E-state index contributed by atoms with van der Waals surface area (Å²) in [5.74, 6) is -0.775. The lowest BCUT2D eigenvalue weighted by molar-refractivity contribution is -0.120. The van der Waals surface area contributed by atoms with Gasteiger partial charge in [-0.3, -0.25) is 9.59 Å². The number of rotatable bonds is 3. The third-order valence-corrected chi connectivity index (χ3v) is 2.93. The van der Waals surface area contributed by atoms with Gasteiger partial charge in [-0.15, -0.1) is 0 Å². The molecule has 0 bridgehead atoms. The number of benzene rings is 1. The second-order valence-electron chi connectivity index (χ2n) is 3.91. The molecule has 1 fully saturated rings. The minimum absolute atomic E-state index is 0.298. The summed E-state index contributed by atoms with van der Waals surface area (Å²) in [6.45, 7) is 0. The van der Waals surface area contributed by atoms with Crippen LogP contribution in [0.5, 0.6) is 0 Å². The Balaban J connectivity index is 2.09. The maximum atomic E-state index is 11.8. The van der Waals surface area contributed by atoms with Crippen molar-refractivity contribution >= 4 is 23.4 Å². The van der Waals surface area contributed by atoms with E-state index in [1.54, 1.807) is 24.3 Å². The number of primary amides is 1. The smallest absolute Gasteiger partial charge is 0.252 e. The summed E-state index contributed by atoms with van der Waals surface area (Å²) in [6.07, 6.45) is 1.23. The number of hydrogen-bond donors (Lipinski definition) is 2. The largest absolute Gasteiger partial charge is 0.368 e. The van der Waals surface area contributed by atoms with Crippen LogP contribution in [0.15, 0.2) is 24.3 Å². The quantitative estimate of drug-likeness (QED) is 0.827. The van der Waals surface area contributed by atoms with Crippen LogP contribution in [0, 0.1) is 0 Å². The van der Waals surface area contributed by atoms with Crippen molar-refractivity contribution in [3.63, 3.8) is 0 Å². The normalized spacial score (nSPS) is 16.6. The average Bonchev–Trinajstić information content (AvgIpc) is 3.00. The molecule has 1 aliphatic carbocycles. The highest BCUT2D eigenvalue weighted by Gasteiger charge is 2.49. The summed E-state index contributed by atoms with van der Waals surface area (Å²) in [5, 5.41) is 3.21. The second-order valence-corrected chi connectivity index (χ2v) is 4.34. The fraction of sp³-hybridized carbons (Fsp3) is 0.273. The Kier molecular flexibility index (Phi) is 2.59.